The van der Waals surface area contributed by atoms with Crippen LogP contribution in [-0.4, -0.2) is 20.4 Å². The second-order valence-electron chi connectivity index (χ2n) is 5.36. The lowest BCUT2D eigenvalue weighted by atomic mass is 10.3. The first kappa shape index (κ1) is 17.3. The van der Waals surface area contributed by atoms with Crippen molar-refractivity contribution in [2.75, 3.05) is 16.7 Å². The number of aromatic nitrogens is 1. The Hall–Kier alpha value is -2.57. The molecule has 128 valence electrons. The zero-order valence-electron chi connectivity index (χ0n) is 13.4. The number of hydrogen-bond acceptors (Lipinski definition) is 4. The van der Waals surface area contributed by atoms with Gasteiger partial charge in [0, 0.05) is 17.8 Å². The van der Waals surface area contributed by atoms with E-state index in [0.29, 0.717) is 16.5 Å². The van der Waals surface area contributed by atoms with Crippen molar-refractivity contribution < 1.29 is 8.42 Å². The Morgan fingerprint density at radius 1 is 0.960 bits per heavy atom. The van der Waals surface area contributed by atoms with E-state index in [4.69, 9.17) is 11.6 Å². The number of halogens is 1. The molecule has 1 N–H and O–H groups in total. The quantitative estimate of drug-likeness (QED) is 0.724. The number of benzene rings is 2. The molecule has 25 heavy (non-hydrogen) atoms. The van der Waals surface area contributed by atoms with Crippen LogP contribution in [0.4, 0.5) is 17.2 Å². The van der Waals surface area contributed by atoms with Crippen LogP contribution in [0.3, 0.4) is 0 Å². The molecule has 0 spiro atoms. The molecule has 0 radical (unpaired) electrons. The lowest BCUT2D eigenvalue weighted by molar-refractivity contribution is 0.601. The molecule has 3 rings (SSSR count). The van der Waals surface area contributed by atoms with Crippen molar-refractivity contribution in [1.82, 2.24) is 4.98 Å². The molecule has 0 saturated heterocycles. The highest BCUT2D eigenvalue weighted by molar-refractivity contribution is 7.92. The van der Waals surface area contributed by atoms with Crippen LogP contribution in [0.15, 0.2) is 77.8 Å². The number of nitrogens with one attached hydrogen (secondary N) is 1. The lowest BCUT2D eigenvalue weighted by Gasteiger charge is -2.18. The molecule has 0 saturated carbocycles. The van der Waals surface area contributed by atoms with E-state index in [1.807, 2.05) is 42.3 Å². The summed E-state index contributed by atoms with van der Waals surface area (Å²) in [6, 6.07) is 19.2. The van der Waals surface area contributed by atoms with E-state index in [2.05, 4.69) is 9.71 Å². The molecule has 3 aromatic rings. The normalized spacial score (nSPS) is 11.1. The van der Waals surface area contributed by atoms with Crippen molar-refractivity contribution >= 4 is 38.8 Å². The summed E-state index contributed by atoms with van der Waals surface area (Å²) >= 11 is 5.79. The van der Waals surface area contributed by atoms with Gasteiger partial charge in [0.2, 0.25) is 0 Å². The minimum Gasteiger partial charge on any atom is -0.329 e. The first-order chi connectivity index (χ1) is 12.0. The molecule has 0 aliphatic heterocycles. The maximum absolute atomic E-state index is 12.4. The summed E-state index contributed by atoms with van der Waals surface area (Å²) in [6.45, 7) is 0. The number of pyridine rings is 1. The standard InChI is InChI=1S/C18H16ClN3O2S/c1-22(16-5-3-2-4-6-16)18-12-9-15(13-20-18)21-25(23,24)17-10-7-14(19)8-11-17/h2-13,21H,1H3. The van der Waals surface area contributed by atoms with Crippen LogP contribution in [0.25, 0.3) is 0 Å². The number of para-hydroxylation sites is 1. The second-order valence-corrected chi connectivity index (χ2v) is 7.48. The van der Waals surface area contributed by atoms with Gasteiger partial charge in [0.15, 0.2) is 0 Å². The number of sulfonamides is 1. The Balaban J connectivity index is 1.77. The van der Waals surface area contributed by atoms with Crippen molar-refractivity contribution in [3.63, 3.8) is 0 Å². The van der Waals surface area contributed by atoms with Gasteiger partial charge in [0.25, 0.3) is 10.0 Å². The fourth-order valence-corrected chi connectivity index (χ4v) is 3.43. The average Bonchev–Trinajstić information content (AvgIpc) is 2.62. The van der Waals surface area contributed by atoms with Gasteiger partial charge in [-0.05, 0) is 48.5 Å². The van der Waals surface area contributed by atoms with E-state index in [0.717, 1.165) is 5.69 Å². The number of hydrogen-bond donors (Lipinski definition) is 1. The van der Waals surface area contributed by atoms with Gasteiger partial charge in [-0.3, -0.25) is 4.72 Å². The van der Waals surface area contributed by atoms with Crippen LogP contribution in [0, 0.1) is 0 Å². The first-order valence-electron chi connectivity index (χ1n) is 7.49. The van der Waals surface area contributed by atoms with E-state index in [1.165, 1.54) is 30.5 Å². The minimum absolute atomic E-state index is 0.141. The van der Waals surface area contributed by atoms with Gasteiger partial charge in [-0.15, -0.1) is 0 Å². The van der Waals surface area contributed by atoms with Crippen molar-refractivity contribution in [2.24, 2.45) is 0 Å². The van der Waals surface area contributed by atoms with E-state index < -0.39 is 10.0 Å². The SMILES string of the molecule is CN(c1ccccc1)c1ccc(NS(=O)(=O)c2ccc(Cl)cc2)cn1. The molecule has 5 nitrogen and oxygen atoms in total. The van der Waals surface area contributed by atoms with E-state index >= 15 is 0 Å². The van der Waals surface area contributed by atoms with Crippen LogP contribution < -0.4 is 9.62 Å². The monoisotopic (exact) mass is 373 g/mol. The summed E-state index contributed by atoms with van der Waals surface area (Å²) in [5.74, 6) is 0.709. The van der Waals surface area contributed by atoms with Gasteiger partial charge in [-0.1, -0.05) is 29.8 Å². The van der Waals surface area contributed by atoms with E-state index in [1.54, 1.807) is 12.1 Å². The average molecular weight is 374 g/mol. The Labute approximate surface area is 152 Å². The summed E-state index contributed by atoms with van der Waals surface area (Å²) in [7, 11) is -1.78. The minimum atomic E-state index is -3.68. The van der Waals surface area contributed by atoms with Crippen LogP contribution in [-0.2, 0) is 10.0 Å². The third-order valence-corrected chi connectivity index (χ3v) is 5.26. The molecule has 2 aromatic carbocycles. The second kappa shape index (κ2) is 7.13. The maximum Gasteiger partial charge on any atom is 0.261 e. The van der Waals surface area contributed by atoms with Crippen molar-refractivity contribution in [3.8, 4) is 0 Å². The fraction of sp³-hybridized carbons (Fsp3) is 0.0556. The Morgan fingerprint density at radius 3 is 2.24 bits per heavy atom. The van der Waals surface area contributed by atoms with Gasteiger partial charge in [-0.25, -0.2) is 13.4 Å². The smallest absolute Gasteiger partial charge is 0.261 e. The van der Waals surface area contributed by atoms with Crippen molar-refractivity contribution in [1.29, 1.82) is 0 Å². The molecular formula is C18H16ClN3O2S. The largest absolute Gasteiger partial charge is 0.329 e. The zero-order valence-corrected chi connectivity index (χ0v) is 15.0. The molecular weight excluding hydrogens is 358 g/mol. The summed E-state index contributed by atoms with van der Waals surface area (Å²) in [6.07, 6.45) is 1.49. The molecule has 0 unspecified atom stereocenters. The van der Waals surface area contributed by atoms with E-state index in [9.17, 15) is 8.42 Å². The summed E-state index contributed by atoms with van der Waals surface area (Å²) in [5, 5.41) is 0.480. The highest BCUT2D eigenvalue weighted by Crippen LogP contribution is 2.23. The van der Waals surface area contributed by atoms with Crippen LogP contribution >= 0.6 is 11.6 Å². The van der Waals surface area contributed by atoms with E-state index in [-0.39, 0.29) is 4.90 Å². The fourth-order valence-electron chi connectivity index (χ4n) is 2.26. The van der Waals surface area contributed by atoms with Crippen molar-refractivity contribution in [3.05, 3.63) is 77.9 Å². The molecule has 0 aliphatic carbocycles. The third kappa shape index (κ3) is 4.10. The molecule has 0 amide bonds. The number of rotatable bonds is 5. The van der Waals surface area contributed by atoms with Crippen LogP contribution in [0.1, 0.15) is 0 Å². The van der Waals surface area contributed by atoms with Gasteiger partial charge in [0.1, 0.15) is 5.82 Å². The summed E-state index contributed by atoms with van der Waals surface area (Å²) in [4.78, 5) is 6.38. The highest BCUT2D eigenvalue weighted by Gasteiger charge is 2.14. The molecule has 1 heterocycles. The lowest BCUT2D eigenvalue weighted by Crippen LogP contribution is -2.14. The van der Waals surface area contributed by atoms with Crippen molar-refractivity contribution in [2.45, 2.75) is 4.90 Å². The molecule has 1 aromatic heterocycles. The Bertz CT molecular complexity index is 944. The van der Waals surface area contributed by atoms with Gasteiger partial charge in [-0.2, -0.15) is 0 Å². The maximum atomic E-state index is 12.4. The number of nitrogens with zero attached hydrogens (tertiary/aromatic N) is 2. The predicted molar refractivity (Wildman–Crippen MR) is 101 cm³/mol. The van der Waals surface area contributed by atoms with Gasteiger partial charge >= 0.3 is 0 Å². The molecule has 0 atom stereocenters. The Kier molecular flexibility index (Phi) is 4.92. The predicted octanol–water partition coefficient (Wildman–Crippen LogP) is 4.30. The Morgan fingerprint density at radius 2 is 1.64 bits per heavy atom. The van der Waals surface area contributed by atoms with Gasteiger partial charge < -0.3 is 4.90 Å². The zero-order chi connectivity index (χ0) is 17.9. The topological polar surface area (TPSA) is 62.3 Å². The number of anilines is 3. The van der Waals surface area contributed by atoms with Gasteiger partial charge in [0.05, 0.1) is 16.8 Å². The highest BCUT2D eigenvalue weighted by atomic mass is 35.5. The summed E-state index contributed by atoms with van der Waals surface area (Å²) in [5.41, 5.74) is 1.38. The third-order valence-electron chi connectivity index (χ3n) is 3.61. The molecule has 7 heteroatoms. The molecule has 0 fully saturated rings. The molecule has 0 bridgehead atoms. The molecule has 0 aliphatic rings. The first-order valence-corrected chi connectivity index (χ1v) is 9.35. The summed E-state index contributed by atoms with van der Waals surface area (Å²) < 4.78 is 27.2. The van der Waals surface area contributed by atoms with Crippen LogP contribution in [0.2, 0.25) is 5.02 Å². The van der Waals surface area contributed by atoms with Crippen LogP contribution in [0.5, 0.6) is 0 Å².